The molecule has 298 valence electrons. The molecule has 3 aromatic carbocycles. The minimum Gasteiger partial charge on any atom is -0.494 e. The zero-order chi connectivity index (χ0) is 40.3. The van der Waals surface area contributed by atoms with Gasteiger partial charge in [0.25, 0.3) is 5.91 Å². The molecule has 0 spiro atoms. The van der Waals surface area contributed by atoms with Gasteiger partial charge in [-0.2, -0.15) is 0 Å². The SMILES string of the molecule is Cc1cc(OCC[C@H](C)C2CCN(CC(=O)O)CC2)ccc1-c1ccc(N2CCc3cccc(C(=O)Nc4nc5ccccc5s4)c3C2)nc1C(=O)OC(C)(C)C. The number of carbonyl (C=O) groups is 3. The first-order chi connectivity index (χ1) is 27.3. The average Bonchev–Trinajstić information content (AvgIpc) is 3.59. The van der Waals surface area contributed by atoms with Crippen LogP contribution in [0, 0.1) is 18.8 Å². The van der Waals surface area contributed by atoms with Crippen molar-refractivity contribution in [2.75, 3.05) is 43.0 Å². The number of aryl methyl sites for hydroxylation is 1. The van der Waals surface area contributed by atoms with E-state index in [0.717, 1.165) is 70.6 Å². The molecular weight excluding hydrogens is 739 g/mol. The molecule has 2 aromatic heterocycles. The van der Waals surface area contributed by atoms with Crippen LogP contribution in [0.1, 0.15) is 84.5 Å². The molecule has 5 aromatic rings. The number of nitrogens with zero attached hydrogens (tertiary/aromatic N) is 4. The van der Waals surface area contributed by atoms with Gasteiger partial charge in [0, 0.05) is 24.2 Å². The summed E-state index contributed by atoms with van der Waals surface area (Å²) in [5, 5.41) is 12.7. The highest BCUT2D eigenvalue weighted by Gasteiger charge is 2.28. The van der Waals surface area contributed by atoms with E-state index in [4.69, 9.17) is 19.6 Å². The van der Waals surface area contributed by atoms with E-state index >= 15 is 0 Å². The topological polar surface area (TPSA) is 134 Å². The van der Waals surface area contributed by atoms with Crippen LogP contribution < -0.4 is 15.0 Å². The molecule has 1 saturated heterocycles. The lowest BCUT2D eigenvalue weighted by molar-refractivity contribution is -0.138. The zero-order valence-corrected chi connectivity index (χ0v) is 34.2. The third-order valence-corrected chi connectivity index (χ3v) is 11.9. The average molecular weight is 790 g/mol. The number of aliphatic carboxylic acids is 1. The number of carboxylic acids is 1. The maximum atomic E-state index is 13.8. The monoisotopic (exact) mass is 789 g/mol. The van der Waals surface area contributed by atoms with Gasteiger partial charge in [-0.3, -0.25) is 19.8 Å². The van der Waals surface area contributed by atoms with E-state index in [1.54, 1.807) is 0 Å². The number of carbonyl (C=O) groups excluding carboxylic acids is 2. The Morgan fingerprint density at radius 2 is 1.74 bits per heavy atom. The quantitative estimate of drug-likeness (QED) is 0.118. The highest BCUT2D eigenvalue weighted by molar-refractivity contribution is 7.22. The van der Waals surface area contributed by atoms with Crippen molar-refractivity contribution in [1.29, 1.82) is 0 Å². The number of piperidine rings is 1. The van der Waals surface area contributed by atoms with Gasteiger partial charge in [-0.1, -0.05) is 48.6 Å². The number of carboxylic acid groups (broad SMARTS) is 1. The highest BCUT2D eigenvalue weighted by Crippen LogP contribution is 2.35. The molecule has 57 heavy (non-hydrogen) atoms. The first kappa shape index (κ1) is 39.9. The Labute approximate surface area is 338 Å². The van der Waals surface area contributed by atoms with Gasteiger partial charge in [-0.15, -0.1) is 0 Å². The van der Waals surface area contributed by atoms with Gasteiger partial charge in [0.15, 0.2) is 10.8 Å². The largest absolute Gasteiger partial charge is 0.494 e. The summed E-state index contributed by atoms with van der Waals surface area (Å²) in [4.78, 5) is 52.3. The summed E-state index contributed by atoms with van der Waals surface area (Å²) >= 11 is 1.45. The van der Waals surface area contributed by atoms with Gasteiger partial charge in [0.05, 0.1) is 23.4 Å². The molecule has 7 rings (SSSR count). The Morgan fingerprint density at radius 3 is 2.47 bits per heavy atom. The van der Waals surface area contributed by atoms with Crippen LogP contribution in [0.4, 0.5) is 10.9 Å². The predicted molar refractivity (Wildman–Crippen MR) is 224 cm³/mol. The van der Waals surface area contributed by atoms with Crippen LogP contribution in [0.2, 0.25) is 0 Å². The number of amides is 1. The highest BCUT2D eigenvalue weighted by atomic mass is 32.1. The van der Waals surface area contributed by atoms with E-state index in [9.17, 15) is 14.4 Å². The zero-order valence-electron chi connectivity index (χ0n) is 33.3. The molecule has 0 bridgehead atoms. The van der Waals surface area contributed by atoms with Crippen LogP contribution in [0.25, 0.3) is 21.3 Å². The Morgan fingerprint density at radius 1 is 0.965 bits per heavy atom. The van der Waals surface area contributed by atoms with Crippen LogP contribution >= 0.6 is 11.3 Å². The van der Waals surface area contributed by atoms with Crippen LogP contribution in [0.5, 0.6) is 5.75 Å². The van der Waals surface area contributed by atoms with Crippen LogP contribution in [-0.4, -0.2) is 76.2 Å². The van der Waals surface area contributed by atoms with Crippen molar-refractivity contribution >= 4 is 50.3 Å². The minimum atomic E-state index is -0.769. The van der Waals surface area contributed by atoms with Crippen molar-refractivity contribution in [2.24, 2.45) is 11.8 Å². The van der Waals surface area contributed by atoms with Crippen molar-refractivity contribution in [2.45, 2.75) is 72.4 Å². The van der Waals surface area contributed by atoms with Crippen LogP contribution in [0.3, 0.4) is 0 Å². The lowest BCUT2D eigenvalue weighted by atomic mass is 9.84. The number of aromatic nitrogens is 2. The number of anilines is 2. The molecule has 1 amide bonds. The Hall–Kier alpha value is -5.33. The summed E-state index contributed by atoms with van der Waals surface area (Å²) in [5.41, 5.74) is 5.46. The Bertz CT molecular complexity index is 2240. The molecule has 0 saturated carbocycles. The van der Waals surface area contributed by atoms with Gasteiger partial charge in [0.1, 0.15) is 17.2 Å². The van der Waals surface area contributed by atoms with Crippen molar-refractivity contribution in [1.82, 2.24) is 14.9 Å². The number of likely N-dealkylation sites (tertiary alicyclic amines) is 1. The second-order valence-corrected chi connectivity index (χ2v) is 17.3. The summed E-state index contributed by atoms with van der Waals surface area (Å²) in [5.74, 6) is 0.938. The summed E-state index contributed by atoms with van der Waals surface area (Å²) in [6.07, 6.45) is 3.64. The molecule has 4 heterocycles. The van der Waals surface area contributed by atoms with E-state index in [2.05, 4.69) is 28.2 Å². The molecule has 0 aliphatic carbocycles. The van der Waals surface area contributed by atoms with Gasteiger partial charge in [0.2, 0.25) is 0 Å². The predicted octanol–water partition coefficient (Wildman–Crippen LogP) is 8.64. The van der Waals surface area contributed by atoms with Crippen molar-refractivity contribution in [3.63, 3.8) is 0 Å². The fourth-order valence-corrected chi connectivity index (χ4v) is 8.76. The molecule has 11 nitrogen and oxygen atoms in total. The number of hydrogen-bond acceptors (Lipinski definition) is 10. The minimum absolute atomic E-state index is 0.113. The standard InChI is InChI=1S/C45H51N5O6S/c1-28(30-17-21-49(22-18-30)27-40(51)52)20-24-55-32-13-14-33(29(2)25-32)34-15-16-39(47-41(34)43(54)56-45(3,4)5)50-23-19-31-9-8-10-35(36(31)26-50)42(53)48-44-46-37-11-6-7-12-38(37)57-44/h6-16,25,28,30H,17-24,26-27H2,1-5H3,(H,51,52)(H,46,48,53)/t28-/m0/s1. The van der Waals surface area contributed by atoms with Crippen LogP contribution in [-0.2, 0) is 22.5 Å². The molecule has 1 fully saturated rings. The van der Waals surface area contributed by atoms with Crippen molar-refractivity contribution < 1.29 is 29.0 Å². The number of benzene rings is 3. The molecule has 2 N–H and O–H groups in total. The number of para-hydroxylation sites is 1. The normalized spacial score (nSPS) is 15.6. The number of nitrogens with one attached hydrogen (secondary N) is 1. The fourth-order valence-electron chi connectivity index (χ4n) is 7.90. The molecule has 1 atom stereocenters. The number of esters is 1. The maximum Gasteiger partial charge on any atom is 0.358 e. The smallest absolute Gasteiger partial charge is 0.358 e. The molecule has 12 heteroatoms. The molecule has 2 aliphatic heterocycles. The Balaban J connectivity index is 1.06. The van der Waals surface area contributed by atoms with Gasteiger partial charge in [-0.05, 0) is 143 Å². The Kier molecular flexibility index (Phi) is 11.9. The summed E-state index contributed by atoms with van der Waals surface area (Å²) < 4.78 is 13.1. The van der Waals surface area contributed by atoms with Gasteiger partial charge >= 0.3 is 11.9 Å². The van der Waals surface area contributed by atoms with E-state index < -0.39 is 17.5 Å². The van der Waals surface area contributed by atoms with Crippen LogP contribution in [0.15, 0.2) is 72.8 Å². The van der Waals surface area contributed by atoms with Gasteiger partial charge < -0.3 is 19.5 Å². The number of hydrogen-bond donors (Lipinski definition) is 2. The lowest BCUT2D eigenvalue weighted by Crippen LogP contribution is -2.38. The second kappa shape index (κ2) is 17.0. The maximum absolute atomic E-state index is 13.8. The molecular formula is C45H51N5O6S. The molecule has 0 unspecified atom stereocenters. The van der Waals surface area contributed by atoms with Crippen molar-refractivity contribution in [3.05, 3.63) is 101 Å². The lowest BCUT2D eigenvalue weighted by Gasteiger charge is -2.34. The summed E-state index contributed by atoms with van der Waals surface area (Å²) in [6, 6.07) is 23.4. The number of ether oxygens (including phenoxy) is 2. The first-order valence-electron chi connectivity index (χ1n) is 19.8. The third-order valence-electron chi connectivity index (χ3n) is 11.0. The van der Waals surface area contributed by atoms with E-state index in [1.807, 2.05) is 99.3 Å². The van der Waals surface area contributed by atoms with Gasteiger partial charge in [-0.25, -0.2) is 14.8 Å². The second-order valence-electron chi connectivity index (χ2n) is 16.2. The molecule has 0 radical (unpaired) electrons. The van der Waals surface area contributed by atoms with Crippen molar-refractivity contribution in [3.8, 4) is 16.9 Å². The van der Waals surface area contributed by atoms with E-state index in [-0.39, 0.29) is 18.1 Å². The number of pyridine rings is 1. The summed E-state index contributed by atoms with van der Waals surface area (Å²) in [6.45, 7) is 13.3. The fraction of sp³-hybridized carbons (Fsp3) is 0.400. The van der Waals surface area contributed by atoms with E-state index in [0.29, 0.717) is 60.0 Å². The first-order valence-corrected chi connectivity index (χ1v) is 20.6. The number of fused-ring (bicyclic) bond motifs is 2. The van der Waals surface area contributed by atoms with E-state index in [1.165, 1.54) is 11.3 Å². The molecule has 2 aliphatic rings. The third kappa shape index (κ3) is 9.62. The number of rotatable bonds is 12. The number of thiazole rings is 1. The summed E-state index contributed by atoms with van der Waals surface area (Å²) in [7, 11) is 0.